The van der Waals surface area contributed by atoms with Crippen molar-refractivity contribution in [3.8, 4) is 0 Å². The van der Waals surface area contributed by atoms with E-state index in [4.69, 9.17) is 4.74 Å². The summed E-state index contributed by atoms with van der Waals surface area (Å²) in [7, 11) is 1.37. The fraction of sp³-hybridized carbons (Fsp3) is 0.263. The Hall–Kier alpha value is -2.27. The number of hydrogen-bond acceptors (Lipinski definition) is 4. The molecule has 0 saturated carbocycles. The molecule has 5 heteroatoms. The van der Waals surface area contributed by atoms with Crippen molar-refractivity contribution in [3.63, 3.8) is 0 Å². The second-order valence-electron chi connectivity index (χ2n) is 5.76. The molecule has 1 heterocycles. The summed E-state index contributed by atoms with van der Waals surface area (Å²) in [4.78, 5) is 25.7. The smallest absolute Gasteiger partial charge is 0.309 e. The molecular formula is C19H19NO3S. The van der Waals surface area contributed by atoms with E-state index >= 15 is 0 Å². The molecule has 124 valence electrons. The molecule has 0 aromatic heterocycles. The molecule has 0 N–H and O–H groups in total. The third kappa shape index (κ3) is 2.91. The van der Waals surface area contributed by atoms with Crippen molar-refractivity contribution in [1.82, 2.24) is 0 Å². The average Bonchev–Trinajstić information content (AvgIpc) is 2.94. The van der Waals surface area contributed by atoms with Crippen LogP contribution in [0.1, 0.15) is 17.5 Å². The number of carbonyl (C=O) groups excluding carboxylic acids is 2. The molecule has 4 nitrogen and oxygen atoms in total. The lowest BCUT2D eigenvalue weighted by Gasteiger charge is -2.37. The van der Waals surface area contributed by atoms with Crippen LogP contribution in [-0.4, -0.2) is 24.7 Å². The Morgan fingerprint density at radius 2 is 1.83 bits per heavy atom. The quantitative estimate of drug-likeness (QED) is 0.799. The van der Waals surface area contributed by atoms with Crippen molar-refractivity contribution in [1.29, 1.82) is 0 Å². The number of hydrogen-bond donors (Lipinski definition) is 0. The average molecular weight is 341 g/mol. The molecule has 1 aliphatic heterocycles. The molecule has 3 rings (SSSR count). The Balaban J connectivity index is 2.13. The number of benzene rings is 2. The Morgan fingerprint density at radius 1 is 1.17 bits per heavy atom. The van der Waals surface area contributed by atoms with E-state index in [0.29, 0.717) is 5.75 Å². The summed E-state index contributed by atoms with van der Waals surface area (Å²) in [6.45, 7) is 2.00. The van der Waals surface area contributed by atoms with Gasteiger partial charge in [-0.3, -0.25) is 14.5 Å². The van der Waals surface area contributed by atoms with Gasteiger partial charge in [-0.15, -0.1) is 11.8 Å². The van der Waals surface area contributed by atoms with Crippen LogP contribution in [0.15, 0.2) is 54.6 Å². The Bertz CT molecular complexity index is 745. The molecule has 1 atom stereocenters. The number of amides is 1. The number of methoxy groups -OCH3 is 1. The first-order valence-corrected chi connectivity index (χ1v) is 8.71. The van der Waals surface area contributed by atoms with E-state index in [1.165, 1.54) is 18.9 Å². The van der Waals surface area contributed by atoms with Gasteiger partial charge in [0.15, 0.2) is 0 Å². The van der Waals surface area contributed by atoms with Crippen LogP contribution in [0.5, 0.6) is 0 Å². The third-order valence-corrected chi connectivity index (χ3v) is 5.61. The number of thioether (sulfide) groups is 1. The monoisotopic (exact) mass is 341 g/mol. The summed E-state index contributed by atoms with van der Waals surface area (Å²) < 4.78 is 4.91. The molecule has 2 aromatic carbocycles. The lowest BCUT2D eigenvalue weighted by molar-refractivity contribution is -0.141. The molecule has 0 bridgehead atoms. The standard InChI is InChI=1S/C19H19NO3S/c1-14-8-10-16(11-9-14)20-17(21)13-24-19(20,12-18(22)23-2)15-6-4-3-5-7-15/h3-11H,12-13H2,1-2H3. The van der Waals surface area contributed by atoms with Crippen LogP contribution in [0.4, 0.5) is 5.69 Å². The molecule has 1 aliphatic rings. The van der Waals surface area contributed by atoms with Gasteiger partial charge < -0.3 is 4.74 Å². The Kier molecular flexibility index (Phi) is 4.62. The van der Waals surface area contributed by atoms with E-state index in [2.05, 4.69) is 0 Å². The second-order valence-corrected chi connectivity index (χ2v) is 7.01. The predicted molar refractivity (Wildman–Crippen MR) is 95.9 cm³/mol. The van der Waals surface area contributed by atoms with E-state index in [9.17, 15) is 9.59 Å². The summed E-state index contributed by atoms with van der Waals surface area (Å²) in [5, 5.41) is 0. The van der Waals surface area contributed by atoms with Gasteiger partial charge >= 0.3 is 5.97 Å². The highest BCUT2D eigenvalue weighted by Crippen LogP contribution is 2.50. The van der Waals surface area contributed by atoms with Gasteiger partial charge in [0.05, 0.1) is 19.3 Å². The van der Waals surface area contributed by atoms with E-state index in [0.717, 1.165) is 16.8 Å². The van der Waals surface area contributed by atoms with Crippen molar-refractivity contribution >= 4 is 29.3 Å². The highest BCUT2D eigenvalue weighted by atomic mass is 32.2. The molecule has 1 amide bonds. The number of carbonyl (C=O) groups is 2. The second kappa shape index (κ2) is 6.69. The van der Waals surface area contributed by atoms with Crippen molar-refractivity contribution < 1.29 is 14.3 Å². The van der Waals surface area contributed by atoms with Gasteiger partial charge in [-0.25, -0.2) is 0 Å². The topological polar surface area (TPSA) is 46.6 Å². The minimum atomic E-state index is -0.777. The Labute approximate surface area is 145 Å². The highest BCUT2D eigenvalue weighted by molar-refractivity contribution is 8.01. The fourth-order valence-corrected chi connectivity index (χ4v) is 4.32. The highest BCUT2D eigenvalue weighted by Gasteiger charge is 2.50. The molecular weight excluding hydrogens is 322 g/mol. The molecule has 1 saturated heterocycles. The maximum Gasteiger partial charge on any atom is 0.309 e. The maximum absolute atomic E-state index is 12.7. The van der Waals surface area contributed by atoms with Gasteiger partial charge in [0.2, 0.25) is 5.91 Å². The number of nitrogens with zero attached hydrogens (tertiary/aromatic N) is 1. The first-order valence-electron chi connectivity index (χ1n) is 7.73. The molecule has 0 radical (unpaired) electrons. The molecule has 1 unspecified atom stereocenters. The maximum atomic E-state index is 12.7. The van der Waals surface area contributed by atoms with E-state index < -0.39 is 4.87 Å². The molecule has 0 spiro atoms. The molecule has 24 heavy (non-hydrogen) atoms. The van der Waals surface area contributed by atoms with Gasteiger partial charge in [0, 0.05) is 5.69 Å². The first kappa shape index (κ1) is 16.6. The third-order valence-electron chi connectivity index (χ3n) is 4.17. The first-order chi connectivity index (χ1) is 11.6. The summed E-state index contributed by atoms with van der Waals surface area (Å²) in [5.41, 5.74) is 2.84. The van der Waals surface area contributed by atoms with Crippen LogP contribution in [0.2, 0.25) is 0 Å². The lowest BCUT2D eigenvalue weighted by Crippen LogP contribution is -2.44. The number of ether oxygens (including phenoxy) is 1. The largest absolute Gasteiger partial charge is 0.469 e. The van der Waals surface area contributed by atoms with E-state index in [1.807, 2.05) is 61.5 Å². The van der Waals surface area contributed by atoms with Crippen molar-refractivity contribution in [2.45, 2.75) is 18.2 Å². The van der Waals surface area contributed by atoms with Crippen LogP contribution in [0.25, 0.3) is 0 Å². The molecule has 0 aliphatic carbocycles. The predicted octanol–water partition coefficient (Wildman–Crippen LogP) is 3.49. The summed E-state index contributed by atoms with van der Waals surface area (Å²) in [6.07, 6.45) is 0.109. The van der Waals surface area contributed by atoms with Gasteiger partial charge in [0.25, 0.3) is 0 Å². The number of aryl methyl sites for hydroxylation is 1. The fourth-order valence-electron chi connectivity index (χ4n) is 2.97. The van der Waals surface area contributed by atoms with Crippen molar-refractivity contribution in [2.75, 3.05) is 17.8 Å². The van der Waals surface area contributed by atoms with Gasteiger partial charge in [-0.1, -0.05) is 48.0 Å². The van der Waals surface area contributed by atoms with Crippen LogP contribution in [-0.2, 0) is 19.2 Å². The summed E-state index contributed by atoms with van der Waals surface area (Å²) in [6, 6.07) is 17.5. The van der Waals surface area contributed by atoms with E-state index in [1.54, 1.807) is 4.90 Å². The summed E-state index contributed by atoms with van der Waals surface area (Å²) >= 11 is 1.48. The zero-order valence-electron chi connectivity index (χ0n) is 13.7. The normalized spacial score (nSPS) is 20.2. The molecule has 1 fully saturated rings. The van der Waals surface area contributed by atoms with Gasteiger partial charge in [-0.05, 0) is 24.6 Å². The summed E-state index contributed by atoms with van der Waals surface area (Å²) in [5.74, 6) is -0.00507. The van der Waals surface area contributed by atoms with Crippen LogP contribution < -0.4 is 4.90 Å². The minimum Gasteiger partial charge on any atom is -0.469 e. The van der Waals surface area contributed by atoms with Crippen LogP contribution in [0, 0.1) is 6.92 Å². The van der Waals surface area contributed by atoms with Gasteiger partial charge in [-0.2, -0.15) is 0 Å². The van der Waals surface area contributed by atoms with Crippen LogP contribution >= 0.6 is 11.8 Å². The molecule has 2 aromatic rings. The van der Waals surface area contributed by atoms with Crippen molar-refractivity contribution in [3.05, 3.63) is 65.7 Å². The zero-order chi connectivity index (χ0) is 17.2. The minimum absolute atomic E-state index is 0.00314. The SMILES string of the molecule is COC(=O)CC1(c2ccccc2)SCC(=O)N1c1ccc(C)cc1. The number of anilines is 1. The number of esters is 1. The lowest BCUT2D eigenvalue weighted by atomic mass is 10.00. The van der Waals surface area contributed by atoms with Crippen LogP contribution in [0.3, 0.4) is 0 Å². The van der Waals surface area contributed by atoms with E-state index in [-0.39, 0.29) is 18.3 Å². The zero-order valence-corrected chi connectivity index (χ0v) is 14.5. The van der Waals surface area contributed by atoms with Crippen molar-refractivity contribution in [2.24, 2.45) is 0 Å². The Morgan fingerprint density at radius 3 is 2.46 bits per heavy atom. The van der Waals surface area contributed by atoms with Gasteiger partial charge in [0.1, 0.15) is 4.87 Å². The number of rotatable bonds is 4.